The van der Waals surface area contributed by atoms with Gasteiger partial charge in [-0.25, -0.2) is 0 Å². The van der Waals surface area contributed by atoms with E-state index in [9.17, 15) is 0 Å². The van der Waals surface area contributed by atoms with Gasteiger partial charge in [-0.1, -0.05) is 45.7 Å². The van der Waals surface area contributed by atoms with E-state index in [-0.39, 0.29) is 6.04 Å². The molecule has 0 aliphatic carbocycles. The number of aryl methyl sites for hydroxylation is 2. The molecule has 0 radical (unpaired) electrons. The molecule has 3 heteroatoms. The summed E-state index contributed by atoms with van der Waals surface area (Å²) in [6.07, 6.45) is 0.915. The Labute approximate surface area is 134 Å². The second-order valence-electron chi connectivity index (χ2n) is 5.13. The Morgan fingerprint density at radius 3 is 2.50 bits per heavy atom. The molecule has 20 heavy (non-hydrogen) atoms. The molecular weight excluding hydrogens is 334 g/mol. The van der Waals surface area contributed by atoms with E-state index in [1.54, 1.807) is 0 Å². The molecule has 1 nitrogen and oxygen atoms in total. The van der Waals surface area contributed by atoms with Gasteiger partial charge >= 0.3 is 0 Å². The highest BCUT2D eigenvalue weighted by molar-refractivity contribution is 9.10. The molecule has 0 aliphatic heterocycles. The van der Waals surface area contributed by atoms with E-state index in [1.165, 1.54) is 16.7 Å². The maximum absolute atomic E-state index is 6.42. The summed E-state index contributed by atoms with van der Waals surface area (Å²) in [6, 6.07) is 12.9. The fourth-order valence-corrected chi connectivity index (χ4v) is 3.13. The molecule has 2 aromatic rings. The average Bonchev–Trinajstić information content (AvgIpc) is 2.40. The topological polar surface area (TPSA) is 12.0 Å². The van der Waals surface area contributed by atoms with Gasteiger partial charge in [0.25, 0.3) is 0 Å². The van der Waals surface area contributed by atoms with Crippen LogP contribution in [0.5, 0.6) is 0 Å². The van der Waals surface area contributed by atoms with Crippen molar-refractivity contribution in [3.63, 3.8) is 0 Å². The molecule has 2 aromatic carbocycles. The first kappa shape index (κ1) is 15.6. The van der Waals surface area contributed by atoms with Crippen LogP contribution >= 0.6 is 27.5 Å². The number of nitrogens with one attached hydrogen (secondary N) is 1. The molecule has 0 spiro atoms. The fourth-order valence-electron chi connectivity index (χ4n) is 2.34. The van der Waals surface area contributed by atoms with Crippen molar-refractivity contribution < 1.29 is 0 Å². The highest BCUT2D eigenvalue weighted by Crippen LogP contribution is 2.29. The first-order chi connectivity index (χ1) is 9.51. The molecule has 1 atom stereocenters. The fraction of sp³-hybridized carbons (Fsp3) is 0.294. The molecular formula is C17H19BrClN. The van der Waals surface area contributed by atoms with Crippen molar-refractivity contribution in [2.75, 3.05) is 7.05 Å². The van der Waals surface area contributed by atoms with Gasteiger partial charge < -0.3 is 5.32 Å². The van der Waals surface area contributed by atoms with Crippen LogP contribution in [0.1, 0.15) is 28.3 Å². The van der Waals surface area contributed by atoms with E-state index in [2.05, 4.69) is 65.4 Å². The largest absolute Gasteiger partial charge is 0.313 e. The van der Waals surface area contributed by atoms with Crippen molar-refractivity contribution in [3.8, 4) is 0 Å². The molecule has 1 N–H and O–H groups in total. The van der Waals surface area contributed by atoms with E-state index in [0.717, 1.165) is 21.5 Å². The second kappa shape index (κ2) is 6.75. The number of hydrogen-bond acceptors (Lipinski definition) is 1. The molecule has 0 heterocycles. The van der Waals surface area contributed by atoms with Gasteiger partial charge in [0.2, 0.25) is 0 Å². The third kappa shape index (κ3) is 3.63. The van der Waals surface area contributed by atoms with Gasteiger partial charge in [-0.2, -0.15) is 0 Å². The molecule has 106 valence electrons. The minimum Gasteiger partial charge on any atom is -0.313 e. The predicted molar refractivity (Wildman–Crippen MR) is 90.6 cm³/mol. The zero-order chi connectivity index (χ0) is 14.7. The van der Waals surface area contributed by atoms with Crippen LogP contribution in [0.4, 0.5) is 0 Å². The Morgan fingerprint density at radius 1 is 1.15 bits per heavy atom. The third-order valence-electron chi connectivity index (χ3n) is 3.67. The molecule has 0 aromatic heterocycles. The van der Waals surface area contributed by atoms with Crippen molar-refractivity contribution >= 4 is 27.5 Å². The van der Waals surface area contributed by atoms with E-state index < -0.39 is 0 Å². The first-order valence-electron chi connectivity index (χ1n) is 6.69. The van der Waals surface area contributed by atoms with Crippen LogP contribution in [-0.4, -0.2) is 7.05 Å². The van der Waals surface area contributed by atoms with Gasteiger partial charge in [-0.15, -0.1) is 0 Å². The van der Waals surface area contributed by atoms with E-state index in [0.29, 0.717) is 0 Å². The molecule has 0 aliphatic rings. The Balaban J connectivity index is 2.31. The maximum atomic E-state index is 6.42. The summed E-state index contributed by atoms with van der Waals surface area (Å²) in [6.45, 7) is 4.22. The summed E-state index contributed by atoms with van der Waals surface area (Å²) in [5.41, 5.74) is 4.96. The van der Waals surface area contributed by atoms with Crippen molar-refractivity contribution in [3.05, 3.63) is 68.1 Å². The van der Waals surface area contributed by atoms with Gasteiger partial charge in [-0.3, -0.25) is 0 Å². The summed E-state index contributed by atoms with van der Waals surface area (Å²) in [7, 11) is 1.98. The molecule has 0 saturated heterocycles. The number of likely N-dealkylation sites (N-methyl/N-ethyl adjacent to an activating group) is 1. The molecule has 0 amide bonds. The molecule has 0 saturated carbocycles. The number of benzene rings is 2. The monoisotopic (exact) mass is 351 g/mol. The Bertz CT molecular complexity index is 610. The first-order valence-corrected chi connectivity index (χ1v) is 7.86. The highest BCUT2D eigenvalue weighted by atomic mass is 79.9. The highest BCUT2D eigenvalue weighted by Gasteiger charge is 2.15. The molecule has 0 bridgehead atoms. The predicted octanol–water partition coefficient (Wildman–Crippen LogP) is 5.22. The number of halogens is 2. The van der Waals surface area contributed by atoms with E-state index in [1.807, 2.05) is 13.1 Å². The maximum Gasteiger partial charge on any atom is 0.0456 e. The zero-order valence-corrected chi connectivity index (χ0v) is 14.3. The number of rotatable bonds is 4. The summed E-state index contributed by atoms with van der Waals surface area (Å²) in [4.78, 5) is 0. The Morgan fingerprint density at radius 2 is 1.85 bits per heavy atom. The van der Waals surface area contributed by atoms with Crippen LogP contribution in [0.2, 0.25) is 5.02 Å². The third-order valence-corrected chi connectivity index (χ3v) is 4.49. The average molecular weight is 353 g/mol. The molecule has 2 rings (SSSR count). The summed E-state index contributed by atoms with van der Waals surface area (Å²) >= 11 is 9.94. The van der Waals surface area contributed by atoms with Crippen molar-refractivity contribution in [1.82, 2.24) is 5.32 Å². The van der Waals surface area contributed by atoms with Crippen molar-refractivity contribution in [1.29, 1.82) is 0 Å². The lowest BCUT2D eigenvalue weighted by Crippen LogP contribution is -2.19. The Kier molecular flexibility index (Phi) is 5.25. The lowest BCUT2D eigenvalue weighted by atomic mass is 9.96. The van der Waals surface area contributed by atoms with Gasteiger partial charge in [0.15, 0.2) is 0 Å². The normalized spacial score (nSPS) is 12.4. The minimum atomic E-state index is 0.219. The zero-order valence-electron chi connectivity index (χ0n) is 12.0. The lowest BCUT2D eigenvalue weighted by molar-refractivity contribution is 0.591. The Hall–Kier alpha value is -0.830. The summed E-state index contributed by atoms with van der Waals surface area (Å²) in [5, 5.41) is 4.21. The van der Waals surface area contributed by atoms with Crippen LogP contribution in [0.15, 0.2) is 40.9 Å². The lowest BCUT2D eigenvalue weighted by Gasteiger charge is -2.20. The van der Waals surface area contributed by atoms with Crippen LogP contribution in [0, 0.1) is 13.8 Å². The van der Waals surface area contributed by atoms with Crippen LogP contribution < -0.4 is 5.32 Å². The molecule has 1 unspecified atom stereocenters. The minimum absolute atomic E-state index is 0.219. The standard InChI is InChI=1S/C17H19BrClN/c1-11-7-15(16(19)8-12(11)2)17(20-3)10-13-5-4-6-14(18)9-13/h4-9,17,20H,10H2,1-3H3. The van der Waals surface area contributed by atoms with E-state index >= 15 is 0 Å². The van der Waals surface area contributed by atoms with Crippen molar-refractivity contribution in [2.45, 2.75) is 26.3 Å². The number of hydrogen-bond donors (Lipinski definition) is 1. The summed E-state index contributed by atoms with van der Waals surface area (Å²) in [5.74, 6) is 0. The van der Waals surface area contributed by atoms with Crippen LogP contribution in [-0.2, 0) is 6.42 Å². The van der Waals surface area contributed by atoms with E-state index in [4.69, 9.17) is 11.6 Å². The summed E-state index contributed by atoms with van der Waals surface area (Å²) < 4.78 is 1.11. The SMILES string of the molecule is CNC(Cc1cccc(Br)c1)c1cc(C)c(C)cc1Cl. The quantitative estimate of drug-likeness (QED) is 0.795. The molecule has 0 fully saturated rings. The van der Waals surface area contributed by atoms with Crippen LogP contribution in [0.25, 0.3) is 0 Å². The van der Waals surface area contributed by atoms with Gasteiger partial charge in [0.05, 0.1) is 0 Å². The van der Waals surface area contributed by atoms with Gasteiger partial charge in [0, 0.05) is 15.5 Å². The van der Waals surface area contributed by atoms with Crippen LogP contribution in [0.3, 0.4) is 0 Å². The van der Waals surface area contributed by atoms with Gasteiger partial charge in [0.1, 0.15) is 0 Å². The van der Waals surface area contributed by atoms with Crippen molar-refractivity contribution in [2.24, 2.45) is 0 Å². The second-order valence-corrected chi connectivity index (χ2v) is 6.46. The smallest absolute Gasteiger partial charge is 0.0456 e. The van der Waals surface area contributed by atoms with Gasteiger partial charge in [-0.05, 0) is 67.8 Å².